The van der Waals surface area contributed by atoms with Gasteiger partial charge in [-0.1, -0.05) is 33.1 Å². The molecule has 0 unspecified atom stereocenters. The summed E-state index contributed by atoms with van der Waals surface area (Å²) in [4.78, 5) is 0. The molecule has 2 aliphatic rings. The number of rotatable bonds is 0. The normalized spacial score (nSPS) is 43.8. The van der Waals surface area contributed by atoms with E-state index in [1.165, 1.54) is 32.1 Å². The summed E-state index contributed by atoms with van der Waals surface area (Å²) in [5.41, 5.74) is 0.690. The Labute approximate surface area is 64.0 Å². The molecule has 0 bridgehead atoms. The standard InChI is InChI=1S/C10H18/c1-10(2)6-8-4-3-5-9(8)7-10/h8-9H,3-7H2,1-2H3/t8-,9+. The third-order valence-corrected chi connectivity index (χ3v) is 3.45. The average Bonchev–Trinajstić information content (AvgIpc) is 2.20. The van der Waals surface area contributed by atoms with Crippen LogP contribution < -0.4 is 0 Å². The first-order valence-corrected chi connectivity index (χ1v) is 4.67. The monoisotopic (exact) mass is 138 g/mol. The number of hydrogen-bond donors (Lipinski definition) is 0. The van der Waals surface area contributed by atoms with Gasteiger partial charge in [-0.2, -0.15) is 0 Å². The summed E-state index contributed by atoms with van der Waals surface area (Å²) >= 11 is 0. The Hall–Kier alpha value is 0. The van der Waals surface area contributed by atoms with Crippen LogP contribution in [0.25, 0.3) is 0 Å². The molecule has 0 heteroatoms. The lowest BCUT2D eigenvalue weighted by atomic mass is 9.89. The van der Waals surface area contributed by atoms with Gasteiger partial charge in [0.05, 0.1) is 0 Å². The van der Waals surface area contributed by atoms with E-state index in [9.17, 15) is 0 Å². The van der Waals surface area contributed by atoms with Crippen LogP contribution in [0.2, 0.25) is 0 Å². The average molecular weight is 138 g/mol. The highest BCUT2D eigenvalue weighted by molar-refractivity contribution is 4.91. The molecule has 0 spiro atoms. The molecule has 0 saturated heterocycles. The van der Waals surface area contributed by atoms with E-state index in [2.05, 4.69) is 13.8 Å². The zero-order chi connectivity index (χ0) is 7.19. The highest BCUT2D eigenvalue weighted by Crippen LogP contribution is 2.52. The molecule has 0 nitrogen and oxygen atoms in total. The predicted molar refractivity (Wildman–Crippen MR) is 43.8 cm³/mol. The molecular formula is C10H18. The van der Waals surface area contributed by atoms with E-state index in [4.69, 9.17) is 0 Å². The molecule has 0 aromatic carbocycles. The van der Waals surface area contributed by atoms with Crippen molar-refractivity contribution < 1.29 is 0 Å². The van der Waals surface area contributed by atoms with Gasteiger partial charge in [-0.05, 0) is 30.1 Å². The van der Waals surface area contributed by atoms with Crippen LogP contribution in [0.15, 0.2) is 0 Å². The van der Waals surface area contributed by atoms with E-state index >= 15 is 0 Å². The van der Waals surface area contributed by atoms with Crippen molar-refractivity contribution in [2.24, 2.45) is 17.3 Å². The van der Waals surface area contributed by atoms with Gasteiger partial charge in [0.25, 0.3) is 0 Å². The quantitative estimate of drug-likeness (QED) is 0.482. The Bertz CT molecular complexity index is 121. The maximum absolute atomic E-state index is 2.44. The molecule has 0 N–H and O–H groups in total. The first-order chi connectivity index (χ1) is 4.67. The smallest absolute Gasteiger partial charge is 0.0349 e. The van der Waals surface area contributed by atoms with Gasteiger partial charge < -0.3 is 0 Å². The van der Waals surface area contributed by atoms with Gasteiger partial charge in [-0.3, -0.25) is 0 Å². The van der Waals surface area contributed by atoms with Crippen molar-refractivity contribution in [2.45, 2.75) is 46.0 Å². The maximum Gasteiger partial charge on any atom is -0.0349 e. The minimum absolute atomic E-state index is 0.690. The van der Waals surface area contributed by atoms with E-state index in [1.807, 2.05) is 0 Å². The second-order valence-corrected chi connectivity index (χ2v) is 5.02. The molecule has 0 heterocycles. The van der Waals surface area contributed by atoms with Crippen LogP contribution in [0, 0.1) is 17.3 Å². The number of hydrogen-bond acceptors (Lipinski definition) is 0. The van der Waals surface area contributed by atoms with Crippen molar-refractivity contribution in [3.63, 3.8) is 0 Å². The molecule has 10 heavy (non-hydrogen) atoms. The summed E-state index contributed by atoms with van der Waals surface area (Å²) in [7, 11) is 0. The first kappa shape index (κ1) is 6.69. The second-order valence-electron chi connectivity index (χ2n) is 5.02. The molecule has 0 radical (unpaired) electrons. The third-order valence-electron chi connectivity index (χ3n) is 3.45. The Balaban J connectivity index is 2.07. The highest BCUT2D eigenvalue weighted by Gasteiger charge is 2.41. The molecule has 2 saturated carbocycles. The minimum atomic E-state index is 0.690. The lowest BCUT2D eigenvalue weighted by molar-refractivity contribution is 0.345. The third kappa shape index (κ3) is 0.980. The zero-order valence-corrected chi connectivity index (χ0v) is 7.19. The van der Waals surface area contributed by atoms with Crippen molar-refractivity contribution in [1.82, 2.24) is 0 Å². The molecule has 2 fully saturated rings. The van der Waals surface area contributed by atoms with E-state index in [-0.39, 0.29) is 0 Å². The molecule has 0 aliphatic heterocycles. The molecule has 0 aromatic rings. The lowest BCUT2D eigenvalue weighted by Crippen LogP contribution is -2.05. The first-order valence-electron chi connectivity index (χ1n) is 4.67. The van der Waals surface area contributed by atoms with Crippen LogP contribution in [-0.4, -0.2) is 0 Å². The summed E-state index contributed by atoms with van der Waals surface area (Å²) < 4.78 is 0. The Morgan fingerprint density at radius 2 is 1.50 bits per heavy atom. The van der Waals surface area contributed by atoms with Gasteiger partial charge >= 0.3 is 0 Å². The Morgan fingerprint density at radius 1 is 1.00 bits per heavy atom. The minimum Gasteiger partial charge on any atom is -0.0599 e. The molecule has 2 atom stereocenters. The maximum atomic E-state index is 2.44. The van der Waals surface area contributed by atoms with Crippen molar-refractivity contribution in [2.75, 3.05) is 0 Å². The van der Waals surface area contributed by atoms with E-state index in [0.29, 0.717) is 5.41 Å². The summed E-state index contributed by atoms with van der Waals surface area (Å²) in [6, 6.07) is 0. The fourth-order valence-corrected chi connectivity index (χ4v) is 3.15. The SMILES string of the molecule is CC1(C)C[C@H]2CCC[C@H]2C1. The largest absolute Gasteiger partial charge is 0.0599 e. The van der Waals surface area contributed by atoms with E-state index < -0.39 is 0 Å². The van der Waals surface area contributed by atoms with Gasteiger partial charge in [-0.25, -0.2) is 0 Å². The summed E-state index contributed by atoms with van der Waals surface area (Å²) in [5, 5.41) is 0. The fourth-order valence-electron chi connectivity index (χ4n) is 3.15. The molecule has 58 valence electrons. The van der Waals surface area contributed by atoms with Crippen molar-refractivity contribution in [1.29, 1.82) is 0 Å². The second kappa shape index (κ2) is 1.99. The summed E-state index contributed by atoms with van der Waals surface area (Å²) in [6.45, 7) is 4.87. The predicted octanol–water partition coefficient (Wildman–Crippen LogP) is 3.22. The van der Waals surface area contributed by atoms with Crippen LogP contribution >= 0.6 is 0 Å². The molecule has 2 rings (SSSR count). The summed E-state index contributed by atoms with van der Waals surface area (Å²) in [6.07, 6.45) is 7.61. The van der Waals surface area contributed by atoms with Gasteiger partial charge in [0, 0.05) is 0 Å². The van der Waals surface area contributed by atoms with Gasteiger partial charge in [0.15, 0.2) is 0 Å². The van der Waals surface area contributed by atoms with Crippen LogP contribution in [0.5, 0.6) is 0 Å². The van der Waals surface area contributed by atoms with Gasteiger partial charge in [0.2, 0.25) is 0 Å². The van der Waals surface area contributed by atoms with Crippen molar-refractivity contribution in [3.05, 3.63) is 0 Å². The number of fused-ring (bicyclic) bond motifs is 1. The van der Waals surface area contributed by atoms with Crippen LogP contribution in [0.3, 0.4) is 0 Å². The van der Waals surface area contributed by atoms with Crippen molar-refractivity contribution >= 4 is 0 Å². The van der Waals surface area contributed by atoms with Crippen molar-refractivity contribution in [3.8, 4) is 0 Å². The highest BCUT2D eigenvalue weighted by atomic mass is 14.5. The summed E-state index contributed by atoms with van der Waals surface area (Å²) in [5.74, 6) is 2.24. The molecular weight excluding hydrogens is 120 g/mol. The molecule has 0 aromatic heterocycles. The Kier molecular flexibility index (Phi) is 1.33. The Morgan fingerprint density at radius 3 is 2.00 bits per heavy atom. The van der Waals surface area contributed by atoms with E-state index in [0.717, 1.165) is 11.8 Å². The van der Waals surface area contributed by atoms with Crippen LogP contribution in [0.4, 0.5) is 0 Å². The fraction of sp³-hybridized carbons (Fsp3) is 1.00. The van der Waals surface area contributed by atoms with Crippen LogP contribution in [-0.2, 0) is 0 Å². The van der Waals surface area contributed by atoms with Crippen LogP contribution in [0.1, 0.15) is 46.0 Å². The molecule has 0 amide bonds. The molecule has 2 aliphatic carbocycles. The van der Waals surface area contributed by atoms with Gasteiger partial charge in [-0.15, -0.1) is 0 Å². The van der Waals surface area contributed by atoms with Gasteiger partial charge in [0.1, 0.15) is 0 Å². The zero-order valence-electron chi connectivity index (χ0n) is 7.19. The topological polar surface area (TPSA) is 0 Å². The van der Waals surface area contributed by atoms with E-state index in [1.54, 1.807) is 0 Å². The lowest BCUT2D eigenvalue weighted by Gasteiger charge is -2.17.